The normalized spacial score (nSPS) is 15.9. The number of hydrogen-bond acceptors (Lipinski definition) is 6. The van der Waals surface area contributed by atoms with Gasteiger partial charge >= 0.3 is 5.97 Å². The summed E-state index contributed by atoms with van der Waals surface area (Å²) in [5.41, 5.74) is 0.297. The molecule has 0 radical (unpaired) electrons. The topological polar surface area (TPSA) is 72.4 Å². The van der Waals surface area contributed by atoms with Crippen LogP contribution in [0.4, 0.5) is 0 Å². The van der Waals surface area contributed by atoms with E-state index >= 15 is 0 Å². The van der Waals surface area contributed by atoms with E-state index in [-0.39, 0.29) is 22.9 Å². The predicted octanol–water partition coefficient (Wildman–Crippen LogP) is 1.88. The van der Waals surface area contributed by atoms with E-state index in [0.717, 1.165) is 0 Å². The quantitative estimate of drug-likeness (QED) is 0.365. The van der Waals surface area contributed by atoms with E-state index in [0.29, 0.717) is 36.7 Å². The molecular weight excluding hydrogens is 314 g/mol. The minimum atomic E-state index is -0.215. The molecule has 1 aromatic rings. The predicted molar refractivity (Wildman–Crippen MR) is 79.5 cm³/mol. The van der Waals surface area contributed by atoms with Crippen molar-refractivity contribution in [2.45, 2.75) is 18.0 Å². The molecule has 1 fully saturated rings. The number of carbonyl (C=O) groups is 2. The van der Waals surface area contributed by atoms with Gasteiger partial charge in [0.1, 0.15) is 5.15 Å². The van der Waals surface area contributed by atoms with Gasteiger partial charge in [-0.05, 0) is 19.1 Å². The number of methoxy groups -OCH3 is 1. The lowest BCUT2D eigenvalue weighted by molar-refractivity contribution is -0.146. The second-order valence-corrected chi connectivity index (χ2v) is 5.78. The lowest BCUT2D eigenvalue weighted by Gasteiger charge is -2.30. The number of piperidine rings is 1. The summed E-state index contributed by atoms with van der Waals surface area (Å²) in [6.45, 7) is 0.998. The number of amides is 1. The molecule has 0 atom stereocenters. The molecule has 1 aromatic heterocycles. The molecule has 0 spiro atoms. The van der Waals surface area contributed by atoms with Crippen molar-refractivity contribution in [3.05, 3.63) is 16.9 Å². The molecule has 0 aromatic carbocycles. The lowest BCUT2D eigenvalue weighted by atomic mass is 9.96. The van der Waals surface area contributed by atoms with E-state index in [1.165, 1.54) is 25.1 Å². The van der Waals surface area contributed by atoms with Gasteiger partial charge in [0.2, 0.25) is 0 Å². The smallest absolute Gasteiger partial charge is 0.308 e. The van der Waals surface area contributed by atoms with Crippen molar-refractivity contribution in [1.29, 1.82) is 0 Å². The number of ether oxygens (including phenoxy) is 1. The summed E-state index contributed by atoms with van der Waals surface area (Å²) in [6.07, 6.45) is 4.49. The minimum absolute atomic E-state index is 0.135. The molecule has 8 heteroatoms. The van der Waals surface area contributed by atoms with Crippen LogP contribution in [0.1, 0.15) is 23.2 Å². The maximum absolute atomic E-state index is 12.4. The fourth-order valence-corrected chi connectivity index (χ4v) is 2.84. The van der Waals surface area contributed by atoms with Crippen LogP contribution in [-0.2, 0) is 9.53 Å². The second kappa shape index (κ2) is 7.09. The standard InChI is InChI=1S/C13H16ClN3O3S/c1-20-12(19)8-3-5-17(6-4-8)11(18)9-7-15-13(21-2)16-10(9)14/h7-8H,3-6H2,1-2H3. The summed E-state index contributed by atoms with van der Waals surface area (Å²) in [7, 11) is 1.38. The number of thioether (sulfide) groups is 1. The van der Waals surface area contributed by atoms with E-state index in [4.69, 9.17) is 16.3 Å². The Hall–Kier alpha value is -1.34. The first-order valence-corrected chi connectivity index (χ1v) is 8.10. The summed E-state index contributed by atoms with van der Waals surface area (Å²) >= 11 is 7.40. The molecule has 114 valence electrons. The Labute approximate surface area is 132 Å². The van der Waals surface area contributed by atoms with Crippen molar-refractivity contribution >= 4 is 35.2 Å². The molecule has 1 amide bonds. The van der Waals surface area contributed by atoms with Gasteiger partial charge in [-0.3, -0.25) is 9.59 Å². The number of esters is 1. The summed E-state index contributed by atoms with van der Waals surface area (Å²) in [5, 5.41) is 0.690. The molecule has 0 unspecified atom stereocenters. The minimum Gasteiger partial charge on any atom is -0.469 e. The van der Waals surface area contributed by atoms with Gasteiger partial charge in [-0.1, -0.05) is 23.4 Å². The highest BCUT2D eigenvalue weighted by Crippen LogP contribution is 2.23. The maximum atomic E-state index is 12.4. The molecule has 1 saturated heterocycles. The summed E-state index contributed by atoms with van der Waals surface area (Å²) in [5.74, 6) is -0.548. The Balaban J connectivity index is 2.03. The third-order valence-corrected chi connectivity index (χ3v) is 4.30. The zero-order valence-electron chi connectivity index (χ0n) is 11.8. The van der Waals surface area contributed by atoms with Crippen molar-refractivity contribution in [2.75, 3.05) is 26.5 Å². The van der Waals surface area contributed by atoms with Crippen molar-refractivity contribution in [1.82, 2.24) is 14.9 Å². The molecule has 0 saturated carbocycles. The fraction of sp³-hybridized carbons (Fsp3) is 0.538. The Morgan fingerprint density at radius 1 is 1.43 bits per heavy atom. The Morgan fingerprint density at radius 3 is 2.62 bits per heavy atom. The average molecular weight is 330 g/mol. The fourth-order valence-electron chi connectivity index (χ4n) is 2.24. The third kappa shape index (κ3) is 3.65. The van der Waals surface area contributed by atoms with Gasteiger partial charge in [-0.25, -0.2) is 9.97 Å². The maximum Gasteiger partial charge on any atom is 0.308 e. The lowest BCUT2D eigenvalue weighted by Crippen LogP contribution is -2.40. The number of rotatable bonds is 3. The van der Waals surface area contributed by atoms with E-state index in [9.17, 15) is 9.59 Å². The molecule has 1 aliphatic heterocycles. The number of likely N-dealkylation sites (tertiary alicyclic amines) is 1. The first-order chi connectivity index (χ1) is 10.1. The van der Waals surface area contributed by atoms with E-state index in [2.05, 4.69) is 9.97 Å². The SMILES string of the molecule is COC(=O)C1CCN(C(=O)c2cnc(SC)nc2Cl)CC1. The monoisotopic (exact) mass is 329 g/mol. The van der Waals surface area contributed by atoms with Gasteiger partial charge in [-0.15, -0.1) is 0 Å². The zero-order valence-corrected chi connectivity index (χ0v) is 13.4. The van der Waals surface area contributed by atoms with Crippen LogP contribution in [0.15, 0.2) is 11.4 Å². The van der Waals surface area contributed by atoms with E-state index in [1.807, 2.05) is 6.26 Å². The summed E-state index contributed by atoms with van der Waals surface area (Å²) < 4.78 is 4.73. The Morgan fingerprint density at radius 2 is 2.10 bits per heavy atom. The van der Waals surface area contributed by atoms with Crippen molar-refractivity contribution in [3.63, 3.8) is 0 Å². The highest BCUT2D eigenvalue weighted by Gasteiger charge is 2.29. The number of aromatic nitrogens is 2. The molecule has 6 nitrogen and oxygen atoms in total. The average Bonchev–Trinajstić information content (AvgIpc) is 2.53. The molecule has 2 rings (SSSR count). The van der Waals surface area contributed by atoms with E-state index < -0.39 is 0 Å². The highest BCUT2D eigenvalue weighted by atomic mass is 35.5. The Kier molecular flexibility index (Phi) is 5.41. The van der Waals surface area contributed by atoms with E-state index in [1.54, 1.807) is 4.90 Å². The van der Waals surface area contributed by atoms with Crippen LogP contribution in [0, 0.1) is 5.92 Å². The molecule has 0 N–H and O–H groups in total. The number of hydrogen-bond donors (Lipinski definition) is 0. The van der Waals surface area contributed by atoms with Gasteiger partial charge in [0.15, 0.2) is 5.16 Å². The van der Waals surface area contributed by atoms with Crippen LogP contribution < -0.4 is 0 Å². The number of carbonyl (C=O) groups excluding carboxylic acids is 2. The van der Waals surface area contributed by atoms with Crippen LogP contribution in [0.3, 0.4) is 0 Å². The molecule has 0 bridgehead atoms. The van der Waals surface area contributed by atoms with Crippen LogP contribution in [0.5, 0.6) is 0 Å². The van der Waals surface area contributed by atoms with Gasteiger partial charge in [-0.2, -0.15) is 0 Å². The zero-order chi connectivity index (χ0) is 15.4. The highest BCUT2D eigenvalue weighted by molar-refractivity contribution is 7.98. The Bertz CT molecular complexity index is 547. The molecule has 0 aliphatic carbocycles. The summed E-state index contributed by atoms with van der Waals surface area (Å²) in [4.78, 5) is 33.7. The van der Waals surface area contributed by atoms with Crippen LogP contribution >= 0.6 is 23.4 Å². The van der Waals surface area contributed by atoms with Gasteiger partial charge < -0.3 is 9.64 Å². The largest absolute Gasteiger partial charge is 0.469 e. The van der Waals surface area contributed by atoms with Crippen LogP contribution in [0.2, 0.25) is 5.15 Å². The van der Waals surface area contributed by atoms with Crippen molar-refractivity contribution in [3.8, 4) is 0 Å². The summed E-state index contributed by atoms with van der Waals surface area (Å²) in [6, 6.07) is 0. The van der Waals surface area contributed by atoms with Gasteiger partial charge in [0, 0.05) is 19.3 Å². The molecule has 2 heterocycles. The van der Waals surface area contributed by atoms with Crippen molar-refractivity contribution < 1.29 is 14.3 Å². The van der Waals surface area contributed by atoms with Gasteiger partial charge in [0.25, 0.3) is 5.91 Å². The molecular formula is C13H16ClN3O3S. The first kappa shape index (κ1) is 16.0. The second-order valence-electron chi connectivity index (χ2n) is 4.65. The molecule has 1 aliphatic rings. The van der Waals surface area contributed by atoms with Gasteiger partial charge in [0.05, 0.1) is 18.6 Å². The molecule has 21 heavy (non-hydrogen) atoms. The third-order valence-electron chi connectivity index (χ3n) is 3.45. The van der Waals surface area contributed by atoms with Crippen LogP contribution in [-0.4, -0.2) is 53.2 Å². The number of nitrogens with zero attached hydrogens (tertiary/aromatic N) is 3. The van der Waals surface area contributed by atoms with Crippen LogP contribution in [0.25, 0.3) is 0 Å². The van der Waals surface area contributed by atoms with Crippen molar-refractivity contribution in [2.24, 2.45) is 5.92 Å². The number of halogens is 1. The first-order valence-electron chi connectivity index (χ1n) is 6.50.